The highest BCUT2D eigenvalue weighted by Crippen LogP contribution is 2.13. The third-order valence-corrected chi connectivity index (χ3v) is 3.28. The number of aryl methyl sites for hydroxylation is 2. The molecule has 0 aliphatic heterocycles. The van der Waals surface area contributed by atoms with Crippen molar-refractivity contribution in [2.75, 3.05) is 5.32 Å². The highest BCUT2D eigenvalue weighted by molar-refractivity contribution is 6.30. The molecule has 0 fully saturated rings. The normalized spacial score (nSPS) is 12.0. The number of carbonyl (C=O) groups is 1. The number of benzene rings is 1. The number of halogens is 1. The van der Waals surface area contributed by atoms with E-state index in [2.05, 4.69) is 15.7 Å². The molecule has 0 saturated carbocycles. The average Bonchev–Trinajstić information content (AvgIpc) is 2.70. The van der Waals surface area contributed by atoms with Crippen molar-refractivity contribution in [3.8, 4) is 0 Å². The van der Waals surface area contributed by atoms with Gasteiger partial charge in [-0.2, -0.15) is 5.10 Å². The Labute approximate surface area is 129 Å². The van der Waals surface area contributed by atoms with Gasteiger partial charge >= 0.3 is 6.03 Å². The van der Waals surface area contributed by atoms with Gasteiger partial charge in [-0.15, -0.1) is 0 Å². The Kier molecular flexibility index (Phi) is 4.85. The Bertz CT molecular complexity index is 621. The SMILES string of the molecule is Cc1cc(C)n(C[C@@H](C)NC(=O)Nc2ccc(Cl)cc2)n1. The zero-order valence-corrected chi connectivity index (χ0v) is 13.1. The van der Waals surface area contributed by atoms with Crippen LogP contribution in [0.2, 0.25) is 5.02 Å². The number of aromatic nitrogens is 2. The zero-order chi connectivity index (χ0) is 15.4. The molecule has 2 N–H and O–H groups in total. The van der Waals surface area contributed by atoms with Crippen molar-refractivity contribution in [2.24, 2.45) is 0 Å². The van der Waals surface area contributed by atoms with Crippen molar-refractivity contribution in [2.45, 2.75) is 33.4 Å². The van der Waals surface area contributed by atoms with Crippen LogP contribution < -0.4 is 10.6 Å². The molecule has 2 rings (SSSR count). The van der Waals surface area contributed by atoms with Crippen LogP contribution in [0.25, 0.3) is 0 Å². The molecule has 1 atom stereocenters. The summed E-state index contributed by atoms with van der Waals surface area (Å²) in [5.74, 6) is 0. The van der Waals surface area contributed by atoms with Gasteiger partial charge in [0.15, 0.2) is 0 Å². The second kappa shape index (κ2) is 6.63. The summed E-state index contributed by atoms with van der Waals surface area (Å²) in [5.41, 5.74) is 2.76. The summed E-state index contributed by atoms with van der Waals surface area (Å²) >= 11 is 5.80. The first-order valence-corrected chi connectivity index (χ1v) is 7.16. The fourth-order valence-corrected chi connectivity index (χ4v) is 2.21. The van der Waals surface area contributed by atoms with E-state index in [1.807, 2.05) is 31.5 Å². The number of nitrogens with zero attached hydrogens (tertiary/aromatic N) is 2. The van der Waals surface area contributed by atoms with Crippen LogP contribution in [0.15, 0.2) is 30.3 Å². The average molecular weight is 307 g/mol. The van der Waals surface area contributed by atoms with E-state index in [9.17, 15) is 4.79 Å². The van der Waals surface area contributed by atoms with Crippen molar-refractivity contribution >= 4 is 23.3 Å². The van der Waals surface area contributed by atoms with Gasteiger partial charge in [-0.3, -0.25) is 4.68 Å². The molecule has 0 radical (unpaired) electrons. The number of hydrogen-bond donors (Lipinski definition) is 2. The molecular weight excluding hydrogens is 288 g/mol. The predicted octanol–water partition coefficient (Wildman–Crippen LogP) is 3.36. The van der Waals surface area contributed by atoms with Crippen LogP contribution in [0.1, 0.15) is 18.3 Å². The molecule has 0 spiro atoms. The van der Waals surface area contributed by atoms with E-state index in [0.29, 0.717) is 17.3 Å². The predicted molar refractivity (Wildman–Crippen MR) is 84.8 cm³/mol. The van der Waals surface area contributed by atoms with Crippen molar-refractivity contribution < 1.29 is 4.79 Å². The maximum Gasteiger partial charge on any atom is 0.319 e. The van der Waals surface area contributed by atoms with E-state index in [4.69, 9.17) is 11.6 Å². The number of rotatable bonds is 4. The van der Waals surface area contributed by atoms with E-state index >= 15 is 0 Å². The molecule has 5 nitrogen and oxygen atoms in total. The Hall–Kier alpha value is -2.01. The molecule has 1 heterocycles. The van der Waals surface area contributed by atoms with Crippen molar-refractivity contribution in [3.05, 3.63) is 46.7 Å². The highest BCUT2D eigenvalue weighted by Gasteiger charge is 2.10. The Morgan fingerprint density at radius 1 is 1.33 bits per heavy atom. The second-order valence-corrected chi connectivity index (χ2v) is 5.55. The quantitative estimate of drug-likeness (QED) is 0.910. The fraction of sp³-hybridized carbons (Fsp3) is 0.333. The standard InChI is InChI=1S/C15H19ClN4O/c1-10-8-12(3)20(19-10)9-11(2)17-15(21)18-14-6-4-13(16)5-7-14/h4-8,11H,9H2,1-3H3,(H2,17,18,21)/t11-/m1/s1. The molecule has 112 valence electrons. The molecular formula is C15H19ClN4O. The van der Waals surface area contributed by atoms with Crippen LogP contribution in [0.3, 0.4) is 0 Å². The van der Waals surface area contributed by atoms with E-state index < -0.39 is 0 Å². The van der Waals surface area contributed by atoms with Gasteiger partial charge in [0.2, 0.25) is 0 Å². The number of amides is 2. The van der Waals surface area contributed by atoms with Crippen LogP contribution in [0.4, 0.5) is 10.5 Å². The maximum absolute atomic E-state index is 11.9. The van der Waals surface area contributed by atoms with Crippen LogP contribution >= 0.6 is 11.6 Å². The Balaban J connectivity index is 1.87. The summed E-state index contributed by atoms with van der Waals surface area (Å²) in [6, 6.07) is 8.72. The minimum Gasteiger partial charge on any atom is -0.334 e. The summed E-state index contributed by atoms with van der Waals surface area (Å²) < 4.78 is 1.89. The van der Waals surface area contributed by atoms with E-state index in [0.717, 1.165) is 11.4 Å². The number of carbonyl (C=O) groups excluding carboxylic acids is 1. The van der Waals surface area contributed by atoms with Gasteiger partial charge < -0.3 is 10.6 Å². The van der Waals surface area contributed by atoms with Gasteiger partial charge in [0, 0.05) is 22.4 Å². The lowest BCUT2D eigenvalue weighted by Gasteiger charge is -2.15. The third-order valence-electron chi connectivity index (χ3n) is 3.03. The molecule has 21 heavy (non-hydrogen) atoms. The molecule has 0 aliphatic carbocycles. The summed E-state index contributed by atoms with van der Waals surface area (Å²) in [6.45, 7) is 6.53. The van der Waals surface area contributed by atoms with Crippen LogP contribution in [0, 0.1) is 13.8 Å². The smallest absolute Gasteiger partial charge is 0.319 e. The number of hydrogen-bond acceptors (Lipinski definition) is 2. The first-order chi connectivity index (χ1) is 9.94. The van der Waals surface area contributed by atoms with Gasteiger partial charge in [0.25, 0.3) is 0 Å². The lowest BCUT2D eigenvalue weighted by Crippen LogP contribution is -2.38. The first-order valence-electron chi connectivity index (χ1n) is 6.78. The minimum atomic E-state index is -0.244. The van der Waals surface area contributed by atoms with Crippen LogP contribution in [-0.4, -0.2) is 21.9 Å². The van der Waals surface area contributed by atoms with Gasteiger partial charge in [-0.25, -0.2) is 4.79 Å². The molecule has 0 unspecified atom stereocenters. The zero-order valence-electron chi connectivity index (χ0n) is 12.4. The Morgan fingerprint density at radius 3 is 2.57 bits per heavy atom. The van der Waals surface area contributed by atoms with Crippen molar-refractivity contribution in [1.29, 1.82) is 0 Å². The van der Waals surface area contributed by atoms with E-state index in [1.54, 1.807) is 24.3 Å². The van der Waals surface area contributed by atoms with E-state index in [-0.39, 0.29) is 12.1 Å². The largest absolute Gasteiger partial charge is 0.334 e. The van der Waals surface area contributed by atoms with Crippen LogP contribution in [0.5, 0.6) is 0 Å². The second-order valence-electron chi connectivity index (χ2n) is 5.12. The van der Waals surface area contributed by atoms with Gasteiger partial charge in [0.05, 0.1) is 12.2 Å². The monoisotopic (exact) mass is 306 g/mol. The first kappa shape index (κ1) is 15.4. The maximum atomic E-state index is 11.9. The molecule has 2 aromatic rings. The molecule has 0 saturated heterocycles. The fourth-order valence-electron chi connectivity index (χ4n) is 2.09. The topological polar surface area (TPSA) is 59.0 Å². The van der Waals surface area contributed by atoms with E-state index in [1.165, 1.54) is 0 Å². The highest BCUT2D eigenvalue weighted by atomic mass is 35.5. The molecule has 0 bridgehead atoms. The molecule has 6 heteroatoms. The molecule has 2 amide bonds. The summed E-state index contributed by atoms with van der Waals surface area (Å²) in [5, 5.41) is 10.7. The summed E-state index contributed by atoms with van der Waals surface area (Å²) in [4.78, 5) is 11.9. The summed E-state index contributed by atoms with van der Waals surface area (Å²) in [6.07, 6.45) is 0. The minimum absolute atomic E-state index is 0.0321. The van der Waals surface area contributed by atoms with Gasteiger partial charge in [-0.05, 0) is 51.1 Å². The van der Waals surface area contributed by atoms with Gasteiger partial charge in [0.1, 0.15) is 0 Å². The number of anilines is 1. The molecule has 1 aromatic heterocycles. The van der Waals surface area contributed by atoms with Crippen LogP contribution in [-0.2, 0) is 6.54 Å². The number of urea groups is 1. The molecule has 1 aromatic carbocycles. The Morgan fingerprint density at radius 2 is 2.00 bits per heavy atom. The third kappa shape index (κ3) is 4.49. The number of nitrogens with one attached hydrogen (secondary N) is 2. The van der Waals surface area contributed by atoms with Gasteiger partial charge in [-0.1, -0.05) is 11.6 Å². The lowest BCUT2D eigenvalue weighted by molar-refractivity contribution is 0.247. The summed E-state index contributed by atoms with van der Waals surface area (Å²) in [7, 11) is 0. The van der Waals surface area contributed by atoms with Crippen molar-refractivity contribution in [1.82, 2.24) is 15.1 Å². The van der Waals surface area contributed by atoms with Crippen molar-refractivity contribution in [3.63, 3.8) is 0 Å². The molecule has 0 aliphatic rings. The lowest BCUT2D eigenvalue weighted by atomic mass is 10.3.